The van der Waals surface area contributed by atoms with Gasteiger partial charge in [0.2, 0.25) is 0 Å². The summed E-state index contributed by atoms with van der Waals surface area (Å²) in [7, 11) is 1.81. The number of nitrogens with zero attached hydrogens (tertiary/aromatic N) is 3. The predicted molar refractivity (Wildman–Crippen MR) is 40.0 cm³/mol. The lowest BCUT2D eigenvalue weighted by atomic mass is 10.4. The third-order valence-electron chi connectivity index (χ3n) is 1.51. The van der Waals surface area contributed by atoms with Crippen LogP contribution < -0.4 is 5.43 Å². The van der Waals surface area contributed by atoms with Crippen LogP contribution in [0.4, 0.5) is 0 Å². The number of hydrogen-bond acceptors (Lipinski definition) is 5. The second kappa shape index (κ2) is 1.91. The molecule has 0 radical (unpaired) electrons. The number of allylic oxidation sites excluding steroid dienone is 1. The smallest absolute Gasteiger partial charge is 0.175 e. The van der Waals surface area contributed by atoms with Crippen LogP contribution in [-0.2, 0) is 0 Å². The zero-order valence-electron chi connectivity index (χ0n) is 6.02. The molecule has 0 aromatic carbocycles. The third kappa shape index (κ3) is 0.813. The molecule has 0 aliphatic carbocycles. The molecule has 2 aliphatic heterocycles. The van der Waals surface area contributed by atoms with E-state index < -0.39 is 0 Å². The van der Waals surface area contributed by atoms with Gasteiger partial charge in [0, 0.05) is 13.1 Å². The van der Waals surface area contributed by atoms with Crippen LogP contribution >= 0.6 is 0 Å². The van der Waals surface area contributed by atoms with Crippen LogP contribution in [0.1, 0.15) is 0 Å². The first-order valence-electron chi connectivity index (χ1n) is 3.21. The van der Waals surface area contributed by atoms with E-state index in [1.165, 1.54) is 0 Å². The van der Waals surface area contributed by atoms with E-state index in [2.05, 4.69) is 10.4 Å². The number of aliphatic imine (C=N–C) groups is 1. The van der Waals surface area contributed by atoms with Crippen molar-refractivity contribution in [1.82, 2.24) is 15.6 Å². The Labute approximate surface area is 63.9 Å². The summed E-state index contributed by atoms with van der Waals surface area (Å²) >= 11 is 0. The van der Waals surface area contributed by atoms with E-state index in [0.29, 0.717) is 5.82 Å². The molecule has 11 heavy (non-hydrogen) atoms. The lowest BCUT2D eigenvalue weighted by Gasteiger charge is -2.30. The number of hydrogen-bond donors (Lipinski definition) is 2. The van der Waals surface area contributed by atoms with Crippen LogP contribution in [0.5, 0.6) is 0 Å². The molecule has 2 heterocycles. The number of aliphatic hydroxyl groups is 1. The molecule has 0 aromatic heterocycles. The average Bonchev–Trinajstić information content (AvgIpc) is 2.34. The largest absolute Gasteiger partial charge is 0.506 e. The third-order valence-corrected chi connectivity index (χ3v) is 1.51. The van der Waals surface area contributed by atoms with Crippen LogP contribution in [0.3, 0.4) is 0 Å². The van der Waals surface area contributed by atoms with E-state index in [1.807, 2.05) is 7.05 Å². The maximum absolute atomic E-state index is 9.14. The Morgan fingerprint density at radius 3 is 3.27 bits per heavy atom. The average molecular weight is 152 g/mol. The first kappa shape index (κ1) is 6.09. The molecule has 0 saturated heterocycles. The van der Waals surface area contributed by atoms with Gasteiger partial charge in [0.05, 0.1) is 6.20 Å². The first-order valence-corrected chi connectivity index (χ1v) is 3.21. The normalized spacial score (nSPS) is 20.8. The van der Waals surface area contributed by atoms with E-state index in [1.54, 1.807) is 28.7 Å². The quantitative estimate of drug-likeness (QED) is 0.510. The van der Waals surface area contributed by atoms with Gasteiger partial charge >= 0.3 is 0 Å². The molecule has 0 saturated carbocycles. The minimum absolute atomic E-state index is 0.208. The zero-order valence-corrected chi connectivity index (χ0v) is 6.02. The Kier molecular flexibility index (Phi) is 1.06. The summed E-state index contributed by atoms with van der Waals surface area (Å²) in [5.41, 5.74) is 2.87. The highest BCUT2D eigenvalue weighted by Crippen LogP contribution is 2.17. The molecule has 0 spiro atoms. The second-order valence-electron chi connectivity index (χ2n) is 2.33. The SMILES string of the molecule is CN1C=C(O)C=C2N=CNN21. The number of fused-ring (bicyclic) bond motifs is 1. The topological polar surface area (TPSA) is 51.1 Å². The number of rotatable bonds is 0. The van der Waals surface area contributed by atoms with E-state index in [9.17, 15) is 0 Å². The summed E-state index contributed by atoms with van der Waals surface area (Å²) in [6, 6.07) is 0. The molecule has 58 valence electrons. The van der Waals surface area contributed by atoms with E-state index >= 15 is 0 Å². The fourth-order valence-electron chi connectivity index (χ4n) is 1.04. The standard InChI is InChI=1S/C6H8N4O/c1-9-3-5(11)2-6-7-4-8-10(6)9/h2-4,11H,1H3,(H,7,8). The molecule has 2 rings (SSSR count). The van der Waals surface area contributed by atoms with Crippen molar-refractivity contribution in [2.45, 2.75) is 0 Å². The van der Waals surface area contributed by atoms with Crippen LogP contribution in [0.15, 0.2) is 28.8 Å². The molecule has 5 nitrogen and oxygen atoms in total. The van der Waals surface area contributed by atoms with Crippen LogP contribution in [0.25, 0.3) is 0 Å². The Balaban J connectivity index is 2.35. The highest BCUT2D eigenvalue weighted by atomic mass is 16.3. The van der Waals surface area contributed by atoms with E-state index in [-0.39, 0.29) is 5.76 Å². The summed E-state index contributed by atoms with van der Waals surface area (Å²) in [4.78, 5) is 3.97. The molecule has 0 atom stereocenters. The molecule has 2 aliphatic rings. The Morgan fingerprint density at radius 1 is 1.64 bits per heavy atom. The van der Waals surface area contributed by atoms with Crippen molar-refractivity contribution in [2.75, 3.05) is 7.05 Å². The Morgan fingerprint density at radius 2 is 2.45 bits per heavy atom. The summed E-state index contributed by atoms with van der Waals surface area (Å²) in [5, 5.41) is 12.6. The summed E-state index contributed by atoms with van der Waals surface area (Å²) in [6.45, 7) is 0. The molecular formula is C6H8N4O. The minimum atomic E-state index is 0.208. The van der Waals surface area contributed by atoms with Crippen molar-refractivity contribution in [1.29, 1.82) is 0 Å². The molecule has 0 amide bonds. The van der Waals surface area contributed by atoms with Crippen molar-refractivity contribution in [3.8, 4) is 0 Å². The Bertz CT molecular complexity index is 268. The van der Waals surface area contributed by atoms with Gasteiger partial charge in [-0.1, -0.05) is 0 Å². The van der Waals surface area contributed by atoms with Crippen LogP contribution in [-0.4, -0.2) is 28.6 Å². The lowest BCUT2D eigenvalue weighted by Crippen LogP contribution is -2.42. The molecule has 0 bridgehead atoms. The van der Waals surface area contributed by atoms with Crippen LogP contribution in [0, 0.1) is 0 Å². The fraction of sp³-hybridized carbons (Fsp3) is 0.167. The van der Waals surface area contributed by atoms with E-state index in [4.69, 9.17) is 5.11 Å². The molecule has 5 heteroatoms. The summed E-state index contributed by atoms with van der Waals surface area (Å²) in [5.74, 6) is 0.895. The van der Waals surface area contributed by atoms with Gasteiger partial charge < -0.3 is 5.11 Å². The van der Waals surface area contributed by atoms with Crippen molar-refractivity contribution in [2.24, 2.45) is 4.99 Å². The Hall–Kier alpha value is -1.65. The highest BCUT2D eigenvalue weighted by molar-refractivity contribution is 5.59. The van der Waals surface area contributed by atoms with Crippen LogP contribution in [0.2, 0.25) is 0 Å². The minimum Gasteiger partial charge on any atom is -0.506 e. The molecule has 2 N–H and O–H groups in total. The van der Waals surface area contributed by atoms with Gasteiger partial charge in [0.15, 0.2) is 5.82 Å². The highest BCUT2D eigenvalue weighted by Gasteiger charge is 2.19. The maximum Gasteiger partial charge on any atom is 0.175 e. The van der Waals surface area contributed by atoms with Gasteiger partial charge in [0.25, 0.3) is 0 Å². The van der Waals surface area contributed by atoms with Crippen molar-refractivity contribution < 1.29 is 5.11 Å². The van der Waals surface area contributed by atoms with Gasteiger partial charge in [0.1, 0.15) is 12.1 Å². The zero-order chi connectivity index (χ0) is 7.84. The van der Waals surface area contributed by atoms with Gasteiger partial charge in [-0.05, 0) is 0 Å². The van der Waals surface area contributed by atoms with Gasteiger partial charge in [-0.25, -0.2) is 4.99 Å². The lowest BCUT2D eigenvalue weighted by molar-refractivity contribution is 0.0587. The van der Waals surface area contributed by atoms with Crippen molar-refractivity contribution >= 4 is 6.34 Å². The van der Waals surface area contributed by atoms with Crippen molar-refractivity contribution in [3.05, 3.63) is 23.9 Å². The number of hydrazine groups is 2. The van der Waals surface area contributed by atoms with Crippen molar-refractivity contribution in [3.63, 3.8) is 0 Å². The first-order chi connectivity index (χ1) is 5.27. The molecule has 0 fully saturated rings. The predicted octanol–water partition coefficient (Wildman–Crippen LogP) is -0.0639. The second-order valence-corrected chi connectivity index (χ2v) is 2.33. The number of nitrogens with one attached hydrogen (secondary N) is 1. The maximum atomic E-state index is 9.14. The van der Waals surface area contributed by atoms with Gasteiger partial charge in [-0.2, -0.15) is 5.12 Å². The molecule has 0 unspecified atom stereocenters. The molecular weight excluding hydrogens is 144 g/mol. The number of aliphatic hydroxyl groups excluding tert-OH is 1. The van der Waals surface area contributed by atoms with Gasteiger partial charge in [-0.15, -0.1) is 0 Å². The van der Waals surface area contributed by atoms with Gasteiger partial charge in [-0.3, -0.25) is 10.4 Å². The monoisotopic (exact) mass is 152 g/mol. The van der Waals surface area contributed by atoms with E-state index in [0.717, 1.165) is 0 Å². The molecule has 0 aromatic rings. The fourth-order valence-corrected chi connectivity index (χ4v) is 1.04. The summed E-state index contributed by atoms with van der Waals surface area (Å²) in [6.07, 6.45) is 4.73. The summed E-state index contributed by atoms with van der Waals surface area (Å²) < 4.78 is 0.